The molecule has 3 aliphatic rings. The number of ether oxygens (including phenoxy) is 1. The highest BCUT2D eigenvalue weighted by molar-refractivity contribution is 5.83. The van der Waals surface area contributed by atoms with E-state index in [1.165, 1.54) is 0 Å². The zero-order valence-corrected chi connectivity index (χ0v) is 17.6. The number of morpholine rings is 1. The summed E-state index contributed by atoms with van der Waals surface area (Å²) in [4.78, 5) is 41.2. The van der Waals surface area contributed by atoms with Gasteiger partial charge >= 0.3 is 0 Å². The summed E-state index contributed by atoms with van der Waals surface area (Å²) in [6, 6.07) is 5.41. The number of amides is 2. The number of aromatic nitrogens is 1. The van der Waals surface area contributed by atoms with Crippen molar-refractivity contribution in [1.82, 2.24) is 19.7 Å². The van der Waals surface area contributed by atoms with Gasteiger partial charge in [-0.2, -0.15) is 0 Å². The Bertz CT molecular complexity index is 818. The summed E-state index contributed by atoms with van der Waals surface area (Å²) in [7, 11) is 0. The van der Waals surface area contributed by atoms with Crippen LogP contribution in [0.2, 0.25) is 0 Å². The second-order valence-electron chi connectivity index (χ2n) is 8.65. The lowest BCUT2D eigenvalue weighted by Crippen LogP contribution is -2.49. The second-order valence-corrected chi connectivity index (χ2v) is 8.65. The van der Waals surface area contributed by atoms with E-state index < -0.39 is 0 Å². The molecule has 1 N–H and O–H groups in total. The monoisotopic (exact) mass is 416 g/mol. The van der Waals surface area contributed by atoms with Gasteiger partial charge in [0.25, 0.3) is 5.56 Å². The van der Waals surface area contributed by atoms with Crippen LogP contribution in [0.25, 0.3) is 0 Å². The minimum Gasteiger partial charge on any atom is -0.379 e. The molecule has 3 aliphatic heterocycles. The topological polar surface area (TPSA) is 83.9 Å². The molecule has 2 amide bonds. The maximum atomic E-state index is 12.7. The van der Waals surface area contributed by atoms with Gasteiger partial charge in [0.1, 0.15) is 0 Å². The molecule has 0 aliphatic carbocycles. The number of fused-ring (bicyclic) bond motifs is 4. The van der Waals surface area contributed by atoms with Crippen molar-refractivity contribution in [3.8, 4) is 0 Å². The molecular weight excluding hydrogens is 384 g/mol. The molecule has 8 heteroatoms. The highest BCUT2D eigenvalue weighted by Gasteiger charge is 2.36. The average Bonchev–Trinajstić information content (AvgIpc) is 2.76. The quantitative estimate of drug-likeness (QED) is 0.651. The summed E-state index contributed by atoms with van der Waals surface area (Å²) < 4.78 is 7.20. The van der Waals surface area contributed by atoms with Gasteiger partial charge in [-0.15, -0.1) is 0 Å². The van der Waals surface area contributed by atoms with Crippen molar-refractivity contribution in [2.24, 2.45) is 5.92 Å². The number of hydrogen-bond donors (Lipinski definition) is 1. The Hall–Kier alpha value is -2.19. The first-order valence-corrected chi connectivity index (χ1v) is 11.1. The molecule has 8 nitrogen and oxygen atoms in total. The zero-order chi connectivity index (χ0) is 20.9. The Kier molecular flexibility index (Phi) is 6.84. The van der Waals surface area contributed by atoms with Gasteiger partial charge in [-0.05, 0) is 31.4 Å². The first-order valence-electron chi connectivity index (χ1n) is 11.1. The van der Waals surface area contributed by atoms with E-state index in [1.54, 1.807) is 12.1 Å². The van der Waals surface area contributed by atoms with E-state index in [-0.39, 0.29) is 36.1 Å². The van der Waals surface area contributed by atoms with E-state index in [4.69, 9.17) is 4.74 Å². The minimum absolute atomic E-state index is 0.0416. The largest absolute Gasteiger partial charge is 0.379 e. The minimum atomic E-state index is -0.0561. The highest BCUT2D eigenvalue weighted by Crippen LogP contribution is 2.35. The van der Waals surface area contributed by atoms with Crippen LogP contribution >= 0.6 is 0 Å². The van der Waals surface area contributed by atoms with Gasteiger partial charge in [0, 0.05) is 69.8 Å². The standard InChI is InChI=1S/C22H32N4O4/c27-20(23-7-2-8-24-9-11-30-12-10-24)5-6-21(28)25-14-17-13-18(16-25)19-3-1-4-22(29)26(19)15-17/h1,3-4,17-18H,2,5-16H2,(H,23,27)/t17-,18+/m0/s1. The number of pyridine rings is 1. The summed E-state index contributed by atoms with van der Waals surface area (Å²) >= 11 is 0. The lowest BCUT2D eigenvalue weighted by Gasteiger charge is -2.42. The van der Waals surface area contributed by atoms with Gasteiger partial charge in [0.05, 0.1) is 13.2 Å². The Morgan fingerprint density at radius 1 is 1.10 bits per heavy atom. The van der Waals surface area contributed by atoms with Gasteiger partial charge in [0.2, 0.25) is 11.8 Å². The van der Waals surface area contributed by atoms with Crippen molar-refractivity contribution in [2.75, 3.05) is 52.5 Å². The zero-order valence-electron chi connectivity index (χ0n) is 17.6. The lowest BCUT2D eigenvalue weighted by molar-refractivity contribution is -0.136. The third-order valence-electron chi connectivity index (χ3n) is 6.48. The van der Waals surface area contributed by atoms with Crippen LogP contribution in [0.3, 0.4) is 0 Å². The molecule has 0 spiro atoms. The van der Waals surface area contributed by atoms with Crippen molar-refractivity contribution >= 4 is 11.8 Å². The van der Waals surface area contributed by atoms with E-state index in [0.717, 1.165) is 51.4 Å². The van der Waals surface area contributed by atoms with Crippen LogP contribution in [-0.4, -0.2) is 78.7 Å². The Labute approximate surface area is 177 Å². The molecular formula is C22H32N4O4. The second kappa shape index (κ2) is 9.75. The molecule has 2 saturated heterocycles. The maximum Gasteiger partial charge on any atom is 0.250 e. The van der Waals surface area contributed by atoms with Crippen molar-refractivity contribution in [3.63, 3.8) is 0 Å². The molecule has 1 aromatic rings. The Morgan fingerprint density at radius 2 is 1.93 bits per heavy atom. The SMILES string of the molecule is O=C(CCC(=O)N1C[C@@H]2C[C@H](C1)c1cccc(=O)n1C2)NCCCN1CCOCC1. The molecule has 2 atom stereocenters. The first kappa shape index (κ1) is 21.1. The number of carbonyl (C=O) groups is 2. The average molecular weight is 417 g/mol. The van der Waals surface area contributed by atoms with E-state index in [9.17, 15) is 14.4 Å². The predicted octanol–water partition coefficient (Wildman–Crippen LogP) is 0.413. The number of likely N-dealkylation sites (tertiary alicyclic amines) is 1. The predicted molar refractivity (Wildman–Crippen MR) is 112 cm³/mol. The molecule has 2 fully saturated rings. The van der Waals surface area contributed by atoms with Gasteiger partial charge in [-0.3, -0.25) is 19.3 Å². The third kappa shape index (κ3) is 5.10. The van der Waals surface area contributed by atoms with Crippen LogP contribution in [0.4, 0.5) is 0 Å². The third-order valence-corrected chi connectivity index (χ3v) is 6.48. The van der Waals surface area contributed by atoms with Crippen molar-refractivity contribution in [2.45, 2.75) is 38.1 Å². The van der Waals surface area contributed by atoms with Crippen LogP contribution in [0.15, 0.2) is 23.0 Å². The molecule has 164 valence electrons. The number of carbonyl (C=O) groups excluding carboxylic acids is 2. The van der Waals surface area contributed by atoms with E-state index in [1.807, 2.05) is 15.5 Å². The van der Waals surface area contributed by atoms with Crippen molar-refractivity contribution in [1.29, 1.82) is 0 Å². The van der Waals surface area contributed by atoms with Crippen LogP contribution in [-0.2, 0) is 20.9 Å². The smallest absolute Gasteiger partial charge is 0.250 e. The van der Waals surface area contributed by atoms with Gasteiger partial charge in [-0.25, -0.2) is 0 Å². The Balaban J connectivity index is 1.18. The van der Waals surface area contributed by atoms with Crippen LogP contribution in [0.1, 0.15) is 37.3 Å². The van der Waals surface area contributed by atoms with Crippen molar-refractivity contribution < 1.29 is 14.3 Å². The number of rotatable bonds is 7. The molecule has 2 bridgehead atoms. The normalized spacial score (nSPS) is 23.7. The first-order chi connectivity index (χ1) is 14.6. The van der Waals surface area contributed by atoms with Crippen LogP contribution in [0.5, 0.6) is 0 Å². The Morgan fingerprint density at radius 3 is 2.77 bits per heavy atom. The number of hydrogen-bond acceptors (Lipinski definition) is 5. The van der Waals surface area contributed by atoms with Crippen molar-refractivity contribution in [3.05, 3.63) is 34.2 Å². The molecule has 0 radical (unpaired) electrons. The fourth-order valence-electron chi connectivity index (χ4n) is 4.92. The summed E-state index contributed by atoms with van der Waals surface area (Å²) in [6.07, 6.45) is 2.42. The van der Waals surface area contributed by atoms with Gasteiger partial charge in [0.15, 0.2) is 0 Å². The van der Waals surface area contributed by atoms with E-state index in [2.05, 4.69) is 10.2 Å². The molecule has 0 unspecified atom stereocenters. The highest BCUT2D eigenvalue weighted by atomic mass is 16.5. The molecule has 1 aromatic heterocycles. The fraction of sp³-hybridized carbons (Fsp3) is 0.682. The summed E-state index contributed by atoms with van der Waals surface area (Å²) in [6.45, 7) is 7.09. The van der Waals surface area contributed by atoms with E-state index >= 15 is 0 Å². The summed E-state index contributed by atoms with van der Waals surface area (Å²) in [5.41, 5.74) is 1.08. The lowest BCUT2D eigenvalue weighted by atomic mass is 9.83. The maximum absolute atomic E-state index is 12.7. The summed E-state index contributed by atoms with van der Waals surface area (Å²) in [5, 5.41) is 2.93. The van der Waals surface area contributed by atoms with Gasteiger partial charge in [-0.1, -0.05) is 6.07 Å². The molecule has 30 heavy (non-hydrogen) atoms. The molecule has 4 heterocycles. The van der Waals surface area contributed by atoms with Gasteiger partial charge < -0.3 is 19.5 Å². The van der Waals surface area contributed by atoms with E-state index in [0.29, 0.717) is 32.1 Å². The molecule has 0 aromatic carbocycles. The fourth-order valence-corrected chi connectivity index (χ4v) is 4.92. The van der Waals surface area contributed by atoms with Crippen LogP contribution in [0, 0.1) is 5.92 Å². The van der Waals surface area contributed by atoms with Crippen LogP contribution < -0.4 is 10.9 Å². The summed E-state index contributed by atoms with van der Waals surface area (Å²) in [5.74, 6) is 0.512. The number of nitrogens with one attached hydrogen (secondary N) is 1. The number of nitrogens with zero attached hydrogens (tertiary/aromatic N) is 3. The molecule has 4 rings (SSSR count). The number of piperidine rings is 1. The molecule has 0 saturated carbocycles.